The summed E-state index contributed by atoms with van der Waals surface area (Å²) in [5.74, 6) is -1.05. The molecule has 104 valence electrons. The average molecular weight is 268 g/mol. The Morgan fingerprint density at radius 3 is 2.42 bits per heavy atom. The van der Waals surface area contributed by atoms with Crippen LogP contribution >= 0.6 is 0 Å². The van der Waals surface area contributed by atoms with E-state index in [1.165, 1.54) is 11.0 Å². The Morgan fingerprint density at radius 1 is 1.37 bits per heavy atom. The third-order valence-electron chi connectivity index (χ3n) is 3.29. The molecular weight excluding hydrogens is 251 g/mol. The topological polar surface area (TPSA) is 63.5 Å². The van der Waals surface area contributed by atoms with Crippen LogP contribution in [-0.2, 0) is 0 Å². The highest BCUT2D eigenvalue weighted by Crippen LogP contribution is 2.20. The molecule has 0 saturated carbocycles. The van der Waals surface area contributed by atoms with Crippen molar-refractivity contribution in [2.45, 2.75) is 26.8 Å². The Bertz CT molecular complexity index is 503. The molecule has 19 heavy (non-hydrogen) atoms. The molecule has 0 saturated heterocycles. The molecular formula is C13H17FN2O3. The van der Waals surface area contributed by atoms with Gasteiger partial charge in [0, 0.05) is 24.7 Å². The van der Waals surface area contributed by atoms with E-state index in [2.05, 4.69) is 0 Å². The van der Waals surface area contributed by atoms with Gasteiger partial charge in [-0.15, -0.1) is 0 Å². The molecule has 0 fully saturated rings. The van der Waals surface area contributed by atoms with Crippen molar-refractivity contribution in [2.24, 2.45) is 5.92 Å². The first-order valence-electron chi connectivity index (χ1n) is 5.96. The minimum absolute atomic E-state index is 0.0170. The van der Waals surface area contributed by atoms with Gasteiger partial charge >= 0.3 is 5.69 Å². The van der Waals surface area contributed by atoms with Crippen LogP contribution in [0.4, 0.5) is 10.1 Å². The monoisotopic (exact) mass is 268 g/mol. The molecule has 1 rings (SSSR count). The number of rotatable bonds is 4. The highest BCUT2D eigenvalue weighted by molar-refractivity contribution is 5.94. The zero-order valence-corrected chi connectivity index (χ0v) is 11.4. The predicted molar refractivity (Wildman–Crippen MR) is 69.4 cm³/mol. The summed E-state index contributed by atoms with van der Waals surface area (Å²) in [6, 6.07) is 3.16. The molecule has 0 heterocycles. The normalized spacial score (nSPS) is 12.3. The number of nitro groups is 1. The van der Waals surface area contributed by atoms with Gasteiger partial charge in [0.05, 0.1) is 4.92 Å². The first-order valence-corrected chi connectivity index (χ1v) is 5.96. The minimum Gasteiger partial charge on any atom is -0.339 e. The van der Waals surface area contributed by atoms with Gasteiger partial charge < -0.3 is 4.90 Å². The maximum Gasteiger partial charge on any atom is 0.305 e. The summed E-state index contributed by atoms with van der Waals surface area (Å²) in [5, 5.41) is 10.6. The molecule has 0 N–H and O–H groups in total. The molecule has 1 aromatic rings. The molecule has 0 aromatic heterocycles. The zero-order valence-electron chi connectivity index (χ0n) is 11.4. The molecule has 1 aromatic carbocycles. The van der Waals surface area contributed by atoms with Crippen LogP contribution in [0, 0.1) is 21.8 Å². The number of nitrogens with zero attached hydrogens (tertiary/aromatic N) is 2. The van der Waals surface area contributed by atoms with Crippen molar-refractivity contribution in [1.29, 1.82) is 0 Å². The number of hydrogen-bond donors (Lipinski definition) is 0. The molecule has 1 amide bonds. The molecule has 1 unspecified atom stereocenters. The Hall–Kier alpha value is -1.98. The molecule has 0 radical (unpaired) electrons. The number of benzene rings is 1. The number of halogens is 1. The van der Waals surface area contributed by atoms with Crippen molar-refractivity contribution in [2.75, 3.05) is 7.05 Å². The number of carbonyl (C=O) groups excluding carboxylic acids is 1. The van der Waals surface area contributed by atoms with Crippen molar-refractivity contribution >= 4 is 11.6 Å². The number of hydrogen-bond acceptors (Lipinski definition) is 3. The van der Waals surface area contributed by atoms with E-state index in [1.807, 2.05) is 20.8 Å². The Morgan fingerprint density at radius 2 is 1.95 bits per heavy atom. The van der Waals surface area contributed by atoms with Gasteiger partial charge in [0.25, 0.3) is 5.91 Å². The average Bonchev–Trinajstić information content (AvgIpc) is 2.36. The van der Waals surface area contributed by atoms with Crippen LogP contribution in [0.5, 0.6) is 0 Å². The van der Waals surface area contributed by atoms with Gasteiger partial charge in [0.15, 0.2) is 0 Å². The van der Waals surface area contributed by atoms with Crippen LogP contribution in [0.25, 0.3) is 0 Å². The van der Waals surface area contributed by atoms with E-state index in [9.17, 15) is 19.3 Å². The lowest BCUT2D eigenvalue weighted by atomic mass is 10.0. The second kappa shape index (κ2) is 5.77. The molecule has 0 spiro atoms. The fourth-order valence-electron chi connectivity index (χ4n) is 1.62. The fourth-order valence-corrected chi connectivity index (χ4v) is 1.62. The van der Waals surface area contributed by atoms with E-state index in [-0.39, 0.29) is 23.4 Å². The predicted octanol–water partition coefficient (Wildman–Crippen LogP) is 2.85. The fraction of sp³-hybridized carbons (Fsp3) is 0.462. The lowest BCUT2D eigenvalue weighted by Gasteiger charge is -2.28. The van der Waals surface area contributed by atoms with Crippen LogP contribution in [0.15, 0.2) is 18.2 Å². The standard InChI is InChI=1S/C13H17FN2O3/c1-8(2)9(3)15(4)13(17)10-5-6-11(14)12(7-10)16(18)19/h5-9H,1-4H3. The molecule has 0 bridgehead atoms. The van der Waals surface area contributed by atoms with Gasteiger partial charge in [0.1, 0.15) is 0 Å². The first-order chi connectivity index (χ1) is 8.75. The summed E-state index contributed by atoms with van der Waals surface area (Å²) in [5.41, 5.74) is -0.570. The summed E-state index contributed by atoms with van der Waals surface area (Å²) in [4.78, 5) is 23.5. The van der Waals surface area contributed by atoms with Crippen LogP contribution in [0.3, 0.4) is 0 Å². The first kappa shape index (κ1) is 15.1. The van der Waals surface area contributed by atoms with Gasteiger partial charge in [-0.05, 0) is 25.0 Å². The van der Waals surface area contributed by atoms with Crippen molar-refractivity contribution in [1.82, 2.24) is 4.90 Å². The van der Waals surface area contributed by atoms with Gasteiger partial charge in [-0.1, -0.05) is 13.8 Å². The largest absolute Gasteiger partial charge is 0.339 e. The summed E-state index contributed by atoms with van der Waals surface area (Å²) in [6.45, 7) is 5.84. The minimum atomic E-state index is -0.943. The van der Waals surface area contributed by atoms with E-state index in [4.69, 9.17) is 0 Å². The third-order valence-corrected chi connectivity index (χ3v) is 3.29. The zero-order chi connectivity index (χ0) is 14.7. The van der Waals surface area contributed by atoms with Crippen LogP contribution in [0.2, 0.25) is 0 Å². The number of nitro benzene ring substituents is 1. The Balaban J connectivity index is 3.07. The highest BCUT2D eigenvalue weighted by atomic mass is 19.1. The van der Waals surface area contributed by atoms with Crippen LogP contribution in [-0.4, -0.2) is 28.8 Å². The summed E-state index contributed by atoms with van der Waals surface area (Å²) >= 11 is 0. The lowest BCUT2D eigenvalue weighted by molar-refractivity contribution is -0.387. The van der Waals surface area contributed by atoms with Crippen molar-refractivity contribution in [3.63, 3.8) is 0 Å². The summed E-state index contributed by atoms with van der Waals surface area (Å²) < 4.78 is 13.2. The Labute approximate surface area is 111 Å². The Kier molecular flexibility index (Phi) is 4.58. The third kappa shape index (κ3) is 3.27. The van der Waals surface area contributed by atoms with Gasteiger partial charge in [-0.2, -0.15) is 4.39 Å². The molecule has 0 aliphatic heterocycles. The van der Waals surface area contributed by atoms with Gasteiger partial charge in [-0.25, -0.2) is 0 Å². The van der Waals surface area contributed by atoms with Crippen molar-refractivity contribution in [3.05, 3.63) is 39.7 Å². The van der Waals surface area contributed by atoms with Crippen molar-refractivity contribution < 1.29 is 14.1 Å². The van der Waals surface area contributed by atoms with E-state index >= 15 is 0 Å². The second-order valence-corrected chi connectivity index (χ2v) is 4.82. The molecule has 0 aliphatic carbocycles. The highest BCUT2D eigenvalue weighted by Gasteiger charge is 2.23. The summed E-state index contributed by atoms with van der Waals surface area (Å²) in [7, 11) is 1.63. The van der Waals surface area contributed by atoms with E-state index in [0.717, 1.165) is 12.1 Å². The lowest BCUT2D eigenvalue weighted by Crippen LogP contribution is -2.38. The molecule has 6 heteroatoms. The van der Waals surface area contributed by atoms with E-state index in [0.29, 0.717) is 0 Å². The quantitative estimate of drug-likeness (QED) is 0.623. The summed E-state index contributed by atoms with van der Waals surface area (Å²) in [6.07, 6.45) is 0. The van der Waals surface area contributed by atoms with Crippen LogP contribution < -0.4 is 0 Å². The van der Waals surface area contributed by atoms with E-state index in [1.54, 1.807) is 7.05 Å². The smallest absolute Gasteiger partial charge is 0.305 e. The van der Waals surface area contributed by atoms with Gasteiger partial charge in [-0.3, -0.25) is 14.9 Å². The maximum atomic E-state index is 13.2. The van der Waals surface area contributed by atoms with E-state index < -0.39 is 16.4 Å². The number of amides is 1. The number of carbonyl (C=O) groups is 1. The molecule has 1 atom stereocenters. The van der Waals surface area contributed by atoms with Crippen molar-refractivity contribution in [3.8, 4) is 0 Å². The van der Waals surface area contributed by atoms with Crippen LogP contribution in [0.1, 0.15) is 31.1 Å². The second-order valence-electron chi connectivity index (χ2n) is 4.82. The van der Waals surface area contributed by atoms with Gasteiger partial charge in [0.2, 0.25) is 5.82 Å². The molecule has 0 aliphatic rings. The maximum absolute atomic E-state index is 13.2. The molecule has 5 nitrogen and oxygen atoms in total. The SMILES string of the molecule is CC(C)C(C)N(C)C(=O)c1ccc(F)c([N+](=O)[O-])c1.